The zero-order valence-corrected chi connectivity index (χ0v) is 17.6. The molecule has 2 aromatic rings. The second kappa shape index (κ2) is 9.97. The van der Waals surface area contributed by atoms with Crippen molar-refractivity contribution < 1.29 is 18.7 Å². The number of furan rings is 1. The number of anilines is 1. The molecule has 11 heteroatoms. The summed E-state index contributed by atoms with van der Waals surface area (Å²) in [6.07, 6.45) is 0.202. The molecule has 0 saturated carbocycles. The SMILES string of the molecule is CCOC(=O)c1ccc(NC(=S)N[C@H](NC(=O)c2ccco2)C(Cl)(Cl)Cl)cc1. The van der Waals surface area contributed by atoms with E-state index in [-0.39, 0.29) is 17.5 Å². The fourth-order valence-electron chi connectivity index (χ4n) is 2.01. The van der Waals surface area contributed by atoms with Crippen molar-refractivity contribution in [1.82, 2.24) is 10.6 Å². The summed E-state index contributed by atoms with van der Waals surface area (Å²) in [6.45, 7) is 2.01. The standard InChI is InChI=1S/C17H16Cl3N3O4S/c1-2-26-14(25)10-5-7-11(8-6-10)21-16(28)23-15(17(18,19)20)22-13(24)12-4-3-9-27-12/h3-9,15H,2H2,1H3,(H,22,24)(H2,21,23,28)/t15-/m0/s1. The number of esters is 1. The van der Waals surface area contributed by atoms with E-state index in [9.17, 15) is 9.59 Å². The third kappa shape index (κ3) is 6.56. The van der Waals surface area contributed by atoms with Gasteiger partial charge in [-0.25, -0.2) is 4.79 Å². The Labute approximate surface area is 181 Å². The fourth-order valence-corrected chi connectivity index (χ4v) is 2.58. The molecule has 0 aliphatic rings. The molecule has 0 unspecified atom stereocenters. The lowest BCUT2D eigenvalue weighted by Crippen LogP contribution is -2.56. The molecule has 2 rings (SSSR count). The van der Waals surface area contributed by atoms with Crippen molar-refractivity contribution in [1.29, 1.82) is 0 Å². The summed E-state index contributed by atoms with van der Waals surface area (Å²) in [6, 6.07) is 9.44. The number of benzene rings is 1. The molecule has 1 atom stereocenters. The highest BCUT2D eigenvalue weighted by molar-refractivity contribution is 7.80. The van der Waals surface area contributed by atoms with Crippen LogP contribution in [0.3, 0.4) is 0 Å². The number of halogens is 3. The van der Waals surface area contributed by atoms with Gasteiger partial charge in [0.15, 0.2) is 10.9 Å². The van der Waals surface area contributed by atoms with Gasteiger partial charge in [-0.3, -0.25) is 4.79 Å². The van der Waals surface area contributed by atoms with Crippen LogP contribution in [0.5, 0.6) is 0 Å². The third-order valence-electron chi connectivity index (χ3n) is 3.28. The van der Waals surface area contributed by atoms with Crippen molar-refractivity contribution in [2.24, 2.45) is 0 Å². The number of hydrogen-bond donors (Lipinski definition) is 3. The van der Waals surface area contributed by atoms with Crippen LogP contribution >= 0.6 is 47.0 Å². The lowest BCUT2D eigenvalue weighted by molar-refractivity contribution is 0.0526. The first-order chi connectivity index (χ1) is 13.2. The lowest BCUT2D eigenvalue weighted by atomic mass is 10.2. The topological polar surface area (TPSA) is 92.6 Å². The molecule has 0 aliphatic carbocycles. The minimum Gasteiger partial charge on any atom is -0.462 e. The van der Waals surface area contributed by atoms with Crippen LogP contribution in [-0.2, 0) is 4.74 Å². The van der Waals surface area contributed by atoms with E-state index in [0.717, 1.165) is 0 Å². The van der Waals surface area contributed by atoms with E-state index >= 15 is 0 Å². The first-order valence-corrected chi connectivity index (χ1v) is 9.50. The average Bonchev–Trinajstić information content (AvgIpc) is 3.16. The number of thiocarbonyl (C=S) groups is 1. The molecule has 7 nitrogen and oxygen atoms in total. The number of amides is 1. The van der Waals surface area contributed by atoms with Gasteiger partial charge in [0.05, 0.1) is 18.4 Å². The zero-order chi connectivity index (χ0) is 20.7. The molecule has 0 bridgehead atoms. The number of carbonyl (C=O) groups excluding carboxylic acids is 2. The molecule has 0 spiro atoms. The molecular formula is C17H16Cl3N3O4S. The van der Waals surface area contributed by atoms with E-state index in [1.165, 1.54) is 12.3 Å². The highest BCUT2D eigenvalue weighted by Gasteiger charge is 2.35. The van der Waals surface area contributed by atoms with Crippen molar-refractivity contribution in [2.45, 2.75) is 16.9 Å². The van der Waals surface area contributed by atoms with Gasteiger partial charge in [-0.15, -0.1) is 0 Å². The molecule has 3 N–H and O–H groups in total. The Bertz CT molecular complexity index is 823. The predicted octanol–water partition coefficient (Wildman–Crippen LogP) is 3.87. The van der Waals surface area contributed by atoms with Crippen LogP contribution in [0.25, 0.3) is 0 Å². The molecule has 1 heterocycles. The quantitative estimate of drug-likeness (QED) is 0.259. The van der Waals surface area contributed by atoms with Crippen molar-refractivity contribution in [3.05, 3.63) is 54.0 Å². The van der Waals surface area contributed by atoms with Crippen molar-refractivity contribution >= 4 is 69.7 Å². The maximum atomic E-state index is 12.1. The van der Waals surface area contributed by atoms with Crippen molar-refractivity contribution in [3.8, 4) is 0 Å². The van der Waals surface area contributed by atoms with E-state index < -0.39 is 21.8 Å². The van der Waals surface area contributed by atoms with Crippen LogP contribution in [0.15, 0.2) is 47.1 Å². The largest absolute Gasteiger partial charge is 0.462 e. The van der Waals surface area contributed by atoms with E-state index in [2.05, 4.69) is 16.0 Å². The van der Waals surface area contributed by atoms with E-state index in [4.69, 9.17) is 56.2 Å². The average molecular weight is 465 g/mol. The summed E-state index contributed by atoms with van der Waals surface area (Å²) in [7, 11) is 0. The van der Waals surface area contributed by atoms with Gasteiger partial charge in [-0.1, -0.05) is 34.8 Å². The molecule has 28 heavy (non-hydrogen) atoms. The maximum absolute atomic E-state index is 12.1. The Morgan fingerprint density at radius 2 is 1.86 bits per heavy atom. The highest BCUT2D eigenvalue weighted by Crippen LogP contribution is 2.29. The summed E-state index contributed by atoms with van der Waals surface area (Å²) >= 11 is 23.0. The van der Waals surface area contributed by atoms with Crippen LogP contribution in [0, 0.1) is 0 Å². The normalized spacial score (nSPS) is 12.0. The molecule has 0 fully saturated rings. The third-order valence-corrected chi connectivity index (χ3v) is 4.15. The first kappa shape index (κ1) is 22.3. The summed E-state index contributed by atoms with van der Waals surface area (Å²) < 4.78 is 8.02. The smallest absolute Gasteiger partial charge is 0.338 e. The molecule has 0 saturated heterocycles. The minimum absolute atomic E-state index is 0.0504. The molecule has 150 valence electrons. The van der Waals surface area contributed by atoms with Crippen LogP contribution in [-0.4, -0.2) is 33.6 Å². The van der Waals surface area contributed by atoms with Gasteiger partial charge in [-0.05, 0) is 55.5 Å². The summed E-state index contributed by atoms with van der Waals surface area (Å²) in [5.74, 6) is -0.962. The van der Waals surface area contributed by atoms with Crippen LogP contribution in [0.2, 0.25) is 0 Å². The minimum atomic E-state index is -1.90. The molecular weight excluding hydrogens is 449 g/mol. The monoisotopic (exact) mass is 463 g/mol. The van der Waals surface area contributed by atoms with Gasteiger partial charge in [0, 0.05) is 5.69 Å². The van der Waals surface area contributed by atoms with E-state index in [0.29, 0.717) is 11.3 Å². The fraction of sp³-hybridized carbons (Fsp3) is 0.235. The lowest BCUT2D eigenvalue weighted by Gasteiger charge is -2.27. The highest BCUT2D eigenvalue weighted by atomic mass is 35.6. The van der Waals surface area contributed by atoms with Crippen molar-refractivity contribution in [2.75, 3.05) is 11.9 Å². The summed E-state index contributed by atoms with van der Waals surface area (Å²) in [5.41, 5.74) is 0.974. The second-order valence-corrected chi connectivity index (χ2v) is 8.10. The Morgan fingerprint density at radius 1 is 1.18 bits per heavy atom. The Morgan fingerprint density at radius 3 is 2.39 bits per heavy atom. The van der Waals surface area contributed by atoms with Gasteiger partial charge in [0.2, 0.25) is 3.79 Å². The van der Waals surface area contributed by atoms with Gasteiger partial charge < -0.3 is 25.1 Å². The molecule has 1 aromatic carbocycles. The van der Waals surface area contributed by atoms with E-state index in [1.54, 1.807) is 37.3 Å². The Kier molecular flexibility index (Phi) is 7.94. The van der Waals surface area contributed by atoms with Gasteiger partial charge in [0.1, 0.15) is 6.17 Å². The number of nitrogens with one attached hydrogen (secondary N) is 3. The summed E-state index contributed by atoms with van der Waals surface area (Å²) in [5, 5.41) is 8.15. The first-order valence-electron chi connectivity index (χ1n) is 7.96. The van der Waals surface area contributed by atoms with E-state index in [1.807, 2.05) is 0 Å². The zero-order valence-electron chi connectivity index (χ0n) is 14.5. The maximum Gasteiger partial charge on any atom is 0.338 e. The molecule has 1 aromatic heterocycles. The van der Waals surface area contributed by atoms with Crippen LogP contribution in [0.4, 0.5) is 5.69 Å². The van der Waals surface area contributed by atoms with Gasteiger partial charge in [-0.2, -0.15) is 0 Å². The number of hydrogen-bond acceptors (Lipinski definition) is 5. The van der Waals surface area contributed by atoms with Crippen LogP contribution in [0.1, 0.15) is 27.8 Å². The Hall–Kier alpha value is -2.00. The number of rotatable bonds is 6. The molecule has 0 aliphatic heterocycles. The number of carbonyl (C=O) groups is 2. The summed E-state index contributed by atoms with van der Waals surface area (Å²) in [4.78, 5) is 23.8. The van der Waals surface area contributed by atoms with Gasteiger partial charge in [0.25, 0.3) is 5.91 Å². The number of ether oxygens (including phenoxy) is 1. The second-order valence-electron chi connectivity index (χ2n) is 5.32. The number of alkyl halides is 3. The molecule has 1 amide bonds. The van der Waals surface area contributed by atoms with Crippen LogP contribution < -0.4 is 16.0 Å². The predicted molar refractivity (Wildman–Crippen MR) is 112 cm³/mol. The molecule has 0 radical (unpaired) electrons. The van der Waals surface area contributed by atoms with Gasteiger partial charge >= 0.3 is 5.97 Å². The van der Waals surface area contributed by atoms with Crippen molar-refractivity contribution in [3.63, 3.8) is 0 Å². The Balaban J connectivity index is 1.99.